The van der Waals surface area contributed by atoms with Crippen LogP contribution in [0.15, 0.2) is 12.1 Å². The summed E-state index contributed by atoms with van der Waals surface area (Å²) in [5, 5.41) is 10.6. The van der Waals surface area contributed by atoms with E-state index in [1.807, 2.05) is 6.92 Å². The number of carbonyl (C=O) groups excluding carboxylic acids is 1. The minimum absolute atomic E-state index is 0.00954. The number of ketones is 1. The van der Waals surface area contributed by atoms with E-state index in [9.17, 15) is 9.90 Å². The summed E-state index contributed by atoms with van der Waals surface area (Å²) in [6, 6.07) is 3.21. The number of aromatic hydroxyl groups is 1. The SMILES string of the molecule is [2H]C([2H])([2H])C1(C([2H])([2H])[2H])Oc2cc(CCC)cc(O)c2[C@@H]2CC(=O)CC[C@H]21. The van der Waals surface area contributed by atoms with Crippen molar-refractivity contribution in [2.24, 2.45) is 5.92 Å². The molecule has 2 aliphatic rings. The normalized spacial score (nSPS) is 32.1. The summed E-state index contributed by atoms with van der Waals surface area (Å²) in [7, 11) is 0. The molecule has 1 aliphatic heterocycles. The third kappa shape index (κ3) is 2.43. The van der Waals surface area contributed by atoms with Gasteiger partial charge in [-0.25, -0.2) is 0 Å². The summed E-state index contributed by atoms with van der Waals surface area (Å²) in [4.78, 5) is 12.1. The first-order chi connectivity index (χ1) is 12.4. The molecule has 21 heavy (non-hydrogen) atoms. The van der Waals surface area contributed by atoms with E-state index in [1.165, 1.54) is 0 Å². The number of ether oxygens (including phenoxy) is 1. The van der Waals surface area contributed by atoms with E-state index in [4.69, 9.17) is 13.0 Å². The second-order valence-electron chi connectivity index (χ2n) is 6.11. The highest BCUT2D eigenvalue weighted by molar-refractivity contribution is 5.81. The lowest BCUT2D eigenvalue weighted by molar-refractivity contribution is -0.124. The van der Waals surface area contributed by atoms with Gasteiger partial charge in [0.05, 0.1) is 0 Å². The van der Waals surface area contributed by atoms with Crippen LogP contribution in [0.25, 0.3) is 0 Å². The molecule has 1 aliphatic carbocycles. The number of fused-ring (bicyclic) bond motifs is 3. The molecule has 1 heterocycles. The fourth-order valence-electron chi connectivity index (χ4n) is 3.60. The third-order valence-corrected chi connectivity index (χ3v) is 4.55. The van der Waals surface area contributed by atoms with Crippen LogP contribution in [0.2, 0.25) is 0 Å². The second-order valence-corrected chi connectivity index (χ2v) is 6.11. The van der Waals surface area contributed by atoms with Crippen molar-refractivity contribution in [1.29, 1.82) is 0 Å². The van der Waals surface area contributed by atoms with E-state index >= 15 is 0 Å². The van der Waals surface area contributed by atoms with Gasteiger partial charge in [-0.15, -0.1) is 0 Å². The average Bonchev–Trinajstić information content (AvgIpc) is 2.51. The van der Waals surface area contributed by atoms with Gasteiger partial charge < -0.3 is 9.84 Å². The fraction of sp³-hybridized carbons (Fsp3) is 0.611. The molecule has 3 rings (SSSR count). The van der Waals surface area contributed by atoms with Crippen LogP contribution < -0.4 is 4.74 Å². The molecule has 0 unspecified atom stereocenters. The Morgan fingerprint density at radius 3 is 3.00 bits per heavy atom. The van der Waals surface area contributed by atoms with Gasteiger partial charge in [0.1, 0.15) is 22.9 Å². The number of hydrogen-bond acceptors (Lipinski definition) is 3. The number of aryl methyl sites for hydroxylation is 1. The molecule has 114 valence electrons. The number of carbonyl (C=O) groups is 1. The van der Waals surface area contributed by atoms with Crippen LogP contribution >= 0.6 is 0 Å². The van der Waals surface area contributed by atoms with Crippen molar-refractivity contribution in [2.75, 3.05) is 0 Å². The van der Waals surface area contributed by atoms with E-state index in [1.54, 1.807) is 12.1 Å². The summed E-state index contributed by atoms with van der Waals surface area (Å²) in [6.07, 6.45) is 1.66. The Labute approximate surface area is 134 Å². The van der Waals surface area contributed by atoms with Gasteiger partial charge in [-0.05, 0) is 44.2 Å². The quantitative estimate of drug-likeness (QED) is 0.897. The molecule has 1 saturated carbocycles. The molecule has 0 amide bonds. The Morgan fingerprint density at radius 2 is 2.29 bits per heavy atom. The maximum Gasteiger partial charge on any atom is 0.133 e. The van der Waals surface area contributed by atoms with Gasteiger partial charge in [0.15, 0.2) is 0 Å². The summed E-state index contributed by atoms with van der Waals surface area (Å²) >= 11 is 0. The largest absolute Gasteiger partial charge is 0.508 e. The number of phenolic OH excluding ortho intramolecular Hbond substituents is 1. The Kier molecular flexibility index (Phi) is 2.12. The molecular weight excluding hydrogens is 264 g/mol. The van der Waals surface area contributed by atoms with E-state index in [-0.39, 0.29) is 36.5 Å². The maximum atomic E-state index is 12.1. The second kappa shape index (κ2) is 5.04. The van der Waals surface area contributed by atoms with Crippen molar-refractivity contribution in [1.82, 2.24) is 0 Å². The number of Topliss-reactive ketones (excluding diaryl/α,β-unsaturated/α-hetero) is 1. The first kappa shape index (κ1) is 8.82. The molecule has 0 aromatic heterocycles. The van der Waals surface area contributed by atoms with Crippen molar-refractivity contribution in [3.8, 4) is 11.5 Å². The number of phenols is 1. The van der Waals surface area contributed by atoms with Crippen LogP contribution in [0.1, 0.15) is 71.6 Å². The zero-order chi connectivity index (χ0) is 20.2. The topological polar surface area (TPSA) is 46.5 Å². The first-order valence-corrected chi connectivity index (χ1v) is 7.49. The van der Waals surface area contributed by atoms with Crippen molar-refractivity contribution < 1.29 is 22.9 Å². The fourth-order valence-corrected chi connectivity index (χ4v) is 3.60. The summed E-state index contributed by atoms with van der Waals surface area (Å²) < 4.78 is 54.0. The van der Waals surface area contributed by atoms with Crippen LogP contribution in [0.4, 0.5) is 0 Å². The lowest BCUT2D eigenvalue weighted by Gasteiger charge is -2.47. The molecule has 1 aromatic rings. The molecule has 0 saturated heterocycles. The maximum absolute atomic E-state index is 12.1. The summed E-state index contributed by atoms with van der Waals surface area (Å²) in [6.45, 7) is -3.88. The molecule has 0 bridgehead atoms. The standard InChI is InChI=1S/C18H24O3/c1-4-5-11-8-15(20)17-13-10-12(19)6-7-14(13)18(2,3)21-16(17)9-11/h8-9,13-14,20H,4-7,10H2,1-3H3/t13-,14-/m1/s1/i2D3,3D3. The lowest BCUT2D eigenvalue weighted by Crippen LogP contribution is -2.47. The number of benzene rings is 1. The van der Waals surface area contributed by atoms with Crippen molar-refractivity contribution in [2.45, 2.75) is 64.3 Å². The smallest absolute Gasteiger partial charge is 0.133 e. The van der Waals surface area contributed by atoms with Gasteiger partial charge in [-0.2, -0.15) is 0 Å². The van der Waals surface area contributed by atoms with Crippen LogP contribution in [-0.2, 0) is 11.2 Å². The third-order valence-electron chi connectivity index (χ3n) is 4.55. The zero-order valence-electron chi connectivity index (χ0n) is 18.1. The predicted octanol–water partition coefficient (Wildman–Crippen LogP) is 3.97. The zero-order valence-corrected chi connectivity index (χ0v) is 12.1. The molecule has 0 spiro atoms. The lowest BCUT2D eigenvalue weighted by atomic mass is 9.66. The van der Waals surface area contributed by atoms with Crippen molar-refractivity contribution in [3.05, 3.63) is 23.3 Å². The Bertz CT molecular complexity index is 739. The molecule has 1 aromatic carbocycles. The van der Waals surface area contributed by atoms with Crippen LogP contribution in [0.3, 0.4) is 0 Å². The first-order valence-electron chi connectivity index (χ1n) is 10.5. The van der Waals surface area contributed by atoms with E-state index in [0.717, 1.165) is 12.0 Å². The number of rotatable bonds is 2. The Morgan fingerprint density at radius 1 is 1.48 bits per heavy atom. The Balaban J connectivity index is 2.27. The van der Waals surface area contributed by atoms with E-state index in [2.05, 4.69) is 0 Å². The minimum Gasteiger partial charge on any atom is -0.508 e. The van der Waals surface area contributed by atoms with Gasteiger partial charge in [-0.1, -0.05) is 13.3 Å². The average molecular weight is 294 g/mol. The molecule has 2 atom stereocenters. The monoisotopic (exact) mass is 294 g/mol. The van der Waals surface area contributed by atoms with Crippen LogP contribution in [0.5, 0.6) is 11.5 Å². The molecule has 3 nitrogen and oxygen atoms in total. The highest BCUT2D eigenvalue weighted by Gasteiger charge is 2.47. The summed E-state index contributed by atoms with van der Waals surface area (Å²) in [5.41, 5.74) is -1.31. The van der Waals surface area contributed by atoms with Gasteiger partial charge in [0.25, 0.3) is 0 Å². The molecule has 3 heteroatoms. The highest BCUT2D eigenvalue weighted by Crippen LogP contribution is 2.53. The molecule has 0 radical (unpaired) electrons. The van der Waals surface area contributed by atoms with Crippen LogP contribution in [0, 0.1) is 5.92 Å². The predicted molar refractivity (Wildman–Crippen MR) is 81.9 cm³/mol. The molecular formula is C18H24O3. The van der Waals surface area contributed by atoms with Gasteiger partial charge in [-0.3, -0.25) is 4.79 Å². The van der Waals surface area contributed by atoms with Crippen molar-refractivity contribution >= 4 is 5.78 Å². The number of hydrogen-bond donors (Lipinski definition) is 1. The van der Waals surface area contributed by atoms with E-state index in [0.29, 0.717) is 12.0 Å². The van der Waals surface area contributed by atoms with E-state index < -0.39 is 31.1 Å². The van der Waals surface area contributed by atoms with Gasteiger partial charge >= 0.3 is 0 Å². The van der Waals surface area contributed by atoms with Gasteiger partial charge in [0, 0.05) is 38.5 Å². The van der Waals surface area contributed by atoms with Gasteiger partial charge in [0.2, 0.25) is 0 Å². The molecule has 1 fully saturated rings. The van der Waals surface area contributed by atoms with Crippen LogP contribution in [-0.4, -0.2) is 16.5 Å². The summed E-state index contributed by atoms with van der Waals surface area (Å²) in [5.74, 6) is -1.66. The highest BCUT2D eigenvalue weighted by atomic mass is 16.5. The minimum atomic E-state index is -2.92. The Hall–Kier alpha value is -1.51. The molecule has 1 N–H and O–H groups in total. The van der Waals surface area contributed by atoms with Crippen molar-refractivity contribution in [3.63, 3.8) is 0 Å².